The first-order chi connectivity index (χ1) is 11.0. The van der Waals surface area contributed by atoms with E-state index in [1.165, 1.54) is 18.4 Å². The highest BCUT2D eigenvalue weighted by Gasteiger charge is 2.24. The lowest BCUT2D eigenvalue weighted by Gasteiger charge is -2.16. The third-order valence-corrected chi connectivity index (χ3v) is 3.84. The molecule has 1 rings (SSSR count). The molecule has 1 heterocycles. The number of hydrogen-bond acceptors (Lipinski definition) is 8. The van der Waals surface area contributed by atoms with Crippen molar-refractivity contribution in [2.45, 2.75) is 25.8 Å². The minimum Gasteiger partial charge on any atom is -0.398 e. The number of hydrogen-bond donors (Lipinski definition) is 4. The van der Waals surface area contributed by atoms with Gasteiger partial charge >= 0.3 is 0 Å². The zero-order valence-electron chi connectivity index (χ0n) is 13.0. The normalized spacial score (nSPS) is 12.6. The van der Waals surface area contributed by atoms with Gasteiger partial charge < -0.3 is 21.2 Å². The highest BCUT2D eigenvalue weighted by atomic mass is 32.1. The van der Waals surface area contributed by atoms with Crippen LogP contribution in [0.1, 0.15) is 25.5 Å². The molecule has 0 radical (unpaired) electrons. The molecule has 0 bridgehead atoms. The summed E-state index contributed by atoms with van der Waals surface area (Å²) >= 11 is 5.28. The number of carbonyl (C=O) groups is 2. The maximum absolute atomic E-state index is 12.3. The molecule has 1 atom stereocenters. The lowest BCUT2D eigenvalue weighted by atomic mass is 10.2. The predicted octanol–water partition coefficient (Wildman–Crippen LogP) is 0.407. The van der Waals surface area contributed by atoms with Gasteiger partial charge in [0.15, 0.2) is 10.8 Å². The van der Waals surface area contributed by atoms with E-state index in [2.05, 4.69) is 38.2 Å². The zero-order chi connectivity index (χ0) is 17.2. The van der Waals surface area contributed by atoms with Gasteiger partial charge in [-0.05, 0) is 6.42 Å². The molecule has 0 aromatic carbocycles. The van der Waals surface area contributed by atoms with Gasteiger partial charge in [-0.25, -0.2) is 4.98 Å². The van der Waals surface area contributed by atoms with Crippen LogP contribution in [0.4, 0.5) is 5.13 Å². The van der Waals surface area contributed by atoms with Crippen molar-refractivity contribution in [2.75, 3.05) is 25.1 Å². The Morgan fingerprint density at radius 3 is 2.83 bits per heavy atom. The summed E-state index contributed by atoms with van der Waals surface area (Å²) in [4.78, 5) is 33.0. The molecule has 0 aliphatic heterocycles. The van der Waals surface area contributed by atoms with Crippen molar-refractivity contribution in [3.05, 3.63) is 11.1 Å². The SMILES string of the molecule is CCCCNC(=O)[C@H](CS)NC(=O)/C(=N\OC)c1csc(N)n1. The smallest absolute Gasteiger partial charge is 0.276 e. The van der Waals surface area contributed by atoms with Crippen molar-refractivity contribution in [2.24, 2.45) is 5.16 Å². The Balaban J connectivity index is 2.76. The van der Waals surface area contributed by atoms with Crippen LogP contribution in [0.25, 0.3) is 0 Å². The molecule has 10 heteroatoms. The number of thiazole rings is 1. The molecule has 0 unspecified atom stereocenters. The topological polar surface area (TPSA) is 119 Å². The fourth-order valence-corrected chi connectivity index (χ4v) is 2.43. The van der Waals surface area contributed by atoms with Crippen LogP contribution in [-0.4, -0.2) is 48.0 Å². The maximum atomic E-state index is 12.3. The largest absolute Gasteiger partial charge is 0.398 e. The number of unbranched alkanes of at least 4 members (excludes halogenated alkanes) is 1. The van der Waals surface area contributed by atoms with Crippen LogP contribution < -0.4 is 16.4 Å². The van der Waals surface area contributed by atoms with Gasteiger partial charge in [-0.2, -0.15) is 12.6 Å². The molecule has 4 N–H and O–H groups in total. The van der Waals surface area contributed by atoms with Gasteiger partial charge in [0, 0.05) is 17.7 Å². The average Bonchev–Trinajstić information content (AvgIpc) is 2.96. The van der Waals surface area contributed by atoms with E-state index in [1.807, 2.05) is 6.92 Å². The van der Waals surface area contributed by atoms with Crippen molar-refractivity contribution in [3.8, 4) is 0 Å². The average molecular weight is 359 g/mol. The van der Waals surface area contributed by atoms with Gasteiger partial charge in [0.25, 0.3) is 5.91 Å². The lowest BCUT2D eigenvalue weighted by Crippen LogP contribution is -2.50. The van der Waals surface area contributed by atoms with Crippen LogP contribution in [0.2, 0.25) is 0 Å². The van der Waals surface area contributed by atoms with Gasteiger partial charge in [0.05, 0.1) is 0 Å². The van der Waals surface area contributed by atoms with Crippen LogP contribution >= 0.6 is 24.0 Å². The monoisotopic (exact) mass is 359 g/mol. The summed E-state index contributed by atoms with van der Waals surface area (Å²) in [6.07, 6.45) is 1.83. The molecule has 1 aromatic rings. The van der Waals surface area contributed by atoms with E-state index in [0.29, 0.717) is 11.7 Å². The molecule has 8 nitrogen and oxygen atoms in total. The van der Waals surface area contributed by atoms with Crippen LogP contribution in [0, 0.1) is 0 Å². The van der Waals surface area contributed by atoms with Crippen LogP contribution in [0.3, 0.4) is 0 Å². The van der Waals surface area contributed by atoms with Crippen molar-refractivity contribution in [3.63, 3.8) is 0 Å². The second-order valence-electron chi connectivity index (χ2n) is 4.55. The summed E-state index contributed by atoms with van der Waals surface area (Å²) in [6, 6.07) is -0.777. The zero-order valence-corrected chi connectivity index (χ0v) is 14.7. The van der Waals surface area contributed by atoms with E-state index in [0.717, 1.165) is 12.8 Å². The first kappa shape index (κ1) is 19.2. The molecule has 0 fully saturated rings. The Morgan fingerprint density at radius 1 is 1.57 bits per heavy atom. The summed E-state index contributed by atoms with van der Waals surface area (Å²) in [5, 5.41) is 10.9. The summed E-state index contributed by atoms with van der Waals surface area (Å²) in [7, 11) is 1.32. The molecular formula is C13H21N5O3S2. The third kappa shape index (κ3) is 6.06. The van der Waals surface area contributed by atoms with E-state index in [9.17, 15) is 9.59 Å². The second-order valence-corrected chi connectivity index (χ2v) is 5.80. The Bertz CT molecular complexity index is 562. The van der Waals surface area contributed by atoms with Crippen molar-refractivity contribution in [1.29, 1.82) is 0 Å². The van der Waals surface area contributed by atoms with Gasteiger partial charge in [0.2, 0.25) is 5.91 Å². The Morgan fingerprint density at radius 2 is 2.30 bits per heavy atom. The Kier molecular flexibility index (Phi) is 8.41. The number of thiol groups is 1. The molecule has 128 valence electrons. The standard InChI is InChI=1S/C13H21N5O3S2/c1-3-4-5-15-11(19)8(6-22)16-12(20)10(18-21-2)9-7-23-13(14)17-9/h7-8,22H,3-6H2,1-2H3,(H2,14,17)(H,15,19)(H,16,20)/b18-10-/t8-/m0/s1. The van der Waals surface area contributed by atoms with Gasteiger partial charge in [-0.1, -0.05) is 18.5 Å². The minimum absolute atomic E-state index is 0.0476. The first-order valence-electron chi connectivity index (χ1n) is 7.05. The van der Waals surface area contributed by atoms with Crippen molar-refractivity contribution in [1.82, 2.24) is 15.6 Å². The number of nitrogens with zero attached hydrogens (tertiary/aromatic N) is 2. The van der Waals surface area contributed by atoms with Gasteiger partial charge in [0.1, 0.15) is 18.8 Å². The van der Waals surface area contributed by atoms with Crippen molar-refractivity contribution < 1.29 is 14.4 Å². The van der Waals surface area contributed by atoms with Gasteiger partial charge in [-0.15, -0.1) is 11.3 Å². The Labute approximate surface area is 144 Å². The molecular weight excluding hydrogens is 338 g/mol. The molecule has 2 amide bonds. The van der Waals surface area contributed by atoms with Crippen LogP contribution in [0.5, 0.6) is 0 Å². The number of aromatic nitrogens is 1. The van der Waals surface area contributed by atoms with E-state index in [4.69, 9.17) is 5.73 Å². The molecule has 0 saturated heterocycles. The molecule has 0 aliphatic carbocycles. The van der Waals surface area contributed by atoms with E-state index >= 15 is 0 Å². The number of oxime groups is 1. The highest BCUT2D eigenvalue weighted by molar-refractivity contribution is 7.80. The second kappa shape index (κ2) is 10.1. The fraction of sp³-hybridized carbons (Fsp3) is 0.538. The molecule has 1 aromatic heterocycles. The summed E-state index contributed by atoms with van der Waals surface area (Å²) < 4.78 is 0. The summed E-state index contributed by atoms with van der Waals surface area (Å²) in [5.41, 5.74) is 5.80. The molecule has 0 aliphatic rings. The first-order valence-corrected chi connectivity index (χ1v) is 8.56. The predicted molar refractivity (Wildman–Crippen MR) is 93.8 cm³/mol. The van der Waals surface area contributed by atoms with Crippen LogP contribution in [-0.2, 0) is 14.4 Å². The third-order valence-electron chi connectivity index (χ3n) is 2.80. The van der Waals surface area contributed by atoms with E-state index < -0.39 is 11.9 Å². The number of nitrogens with one attached hydrogen (secondary N) is 2. The Hall–Kier alpha value is -1.81. The number of anilines is 1. The fourth-order valence-electron chi connectivity index (χ4n) is 1.62. The van der Waals surface area contributed by atoms with Crippen molar-refractivity contribution >= 4 is 46.6 Å². The van der Waals surface area contributed by atoms with E-state index in [-0.39, 0.29) is 23.1 Å². The number of rotatable bonds is 9. The number of carbonyl (C=O) groups excluding carboxylic acids is 2. The summed E-state index contributed by atoms with van der Waals surface area (Å²) in [6.45, 7) is 2.58. The van der Waals surface area contributed by atoms with Gasteiger partial charge in [-0.3, -0.25) is 9.59 Å². The minimum atomic E-state index is -0.777. The molecule has 0 spiro atoms. The number of nitrogen functional groups attached to an aromatic ring is 1. The number of amides is 2. The molecule has 0 saturated carbocycles. The lowest BCUT2D eigenvalue weighted by molar-refractivity contribution is -0.126. The quantitative estimate of drug-likeness (QED) is 0.220. The molecule has 23 heavy (non-hydrogen) atoms. The number of nitrogens with two attached hydrogens (primary N) is 1. The van der Waals surface area contributed by atoms with E-state index in [1.54, 1.807) is 5.38 Å². The maximum Gasteiger partial charge on any atom is 0.276 e. The summed E-state index contributed by atoms with van der Waals surface area (Å²) in [5.74, 6) is -0.721. The van der Waals surface area contributed by atoms with Crippen LogP contribution in [0.15, 0.2) is 10.5 Å². The highest BCUT2D eigenvalue weighted by Crippen LogP contribution is 2.12.